The van der Waals surface area contributed by atoms with E-state index >= 15 is 0 Å². The molecular formula is C16H18N2S3. The van der Waals surface area contributed by atoms with Crippen molar-refractivity contribution in [2.45, 2.75) is 31.8 Å². The molecule has 21 heavy (non-hydrogen) atoms. The summed E-state index contributed by atoms with van der Waals surface area (Å²) in [4.78, 5) is 7.31. The summed E-state index contributed by atoms with van der Waals surface area (Å²) in [5.74, 6) is 0. The lowest BCUT2D eigenvalue weighted by Crippen LogP contribution is -2.27. The van der Waals surface area contributed by atoms with Crippen LogP contribution in [-0.2, 0) is 6.42 Å². The number of thiophene rings is 2. The second kappa shape index (κ2) is 7.31. The third-order valence-electron chi connectivity index (χ3n) is 3.43. The fourth-order valence-electron chi connectivity index (χ4n) is 2.37. The van der Waals surface area contributed by atoms with Crippen LogP contribution in [0.5, 0.6) is 0 Å². The van der Waals surface area contributed by atoms with Gasteiger partial charge in [-0.25, -0.2) is 4.98 Å². The van der Waals surface area contributed by atoms with Gasteiger partial charge in [-0.15, -0.1) is 34.0 Å². The maximum absolute atomic E-state index is 4.48. The Morgan fingerprint density at radius 2 is 1.90 bits per heavy atom. The van der Waals surface area contributed by atoms with Crippen LogP contribution in [0.4, 0.5) is 0 Å². The molecule has 0 aliphatic rings. The third kappa shape index (κ3) is 3.80. The number of nitrogens with one attached hydrogen (secondary N) is 1. The highest BCUT2D eigenvalue weighted by atomic mass is 32.1. The highest BCUT2D eigenvalue weighted by Crippen LogP contribution is 2.29. The maximum Gasteiger partial charge on any atom is 0.109 e. The van der Waals surface area contributed by atoms with Crippen molar-refractivity contribution in [1.29, 1.82) is 0 Å². The summed E-state index contributed by atoms with van der Waals surface area (Å²) in [6, 6.07) is 9.40. The number of hydrogen-bond acceptors (Lipinski definition) is 5. The van der Waals surface area contributed by atoms with Crippen molar-refractivity contribution in [2.75, 3.05) is 0 Å². The van der Waals surface area contributed by atoms with Gasteiger partial charge in [-0.1, -0.05) is 19.1 Å². The van der Waals surface area contributed by atoms with Gasteiger partial charge in [0.05, 0.1) is 6.04 Å². The molecule has 0 aliphatic heterocycles. The Morgan fingerprint density at radius 3 is 2.52 bits per heavy atom. The Hall–Kier alpha value is -1.01. The zero-order chi connectivity index (χ0) is 14.5. The van der Waals surface area contributed by atoms with E-state index in [9.17, 15) is 0 Å². The first-order valence-corrected chi connectivity index (χ1v) is 9.72. The summed E-state index contributed by atoms with van der Waals surface area (Å²) in [5.41, 5.74) is 0. The van der Waals surface area contributed by atoms with Crippen LogP contribution in [0.1, 0.15) is 40.2 Å². The second-order valence-corrected chi connectivity index (χ2v) is 7.79. The Bertz CT molecular complexity index is 615. The fraction of sp³-hybridized carbons (Fsp3) is 0.312. The van der Waals surface area contributed by atoms with Crippen LogP contribution in [0.3, 0.4) is 0 Å². The van der Waals surface area contributed by atoms with Crippen LogP contribution >= 0.6 is 34.0 Å². The van der Waals surface area contributed by atoms with E-state index in [2.05, 4.69) is 57.6 Å². The predicted molar refractivity (Wildman–Crippen MR) is 93.4 cm³/mol. The number of rotatable bonds is 7. The predicted octanol–water partition coefficient (Wildman–Crippen LogP) is 5.29. The molecule has 110 valence electrons. The standard InChI is InChI=1S/C16H18N2S3/c1-2-13(16-17-7-10-21-16)18-14(15-6-4-9-20-15)11-12-5-3-8-19-12/h3-10,13-14,18H,2,11H2,1H3. The minimum Gasteiger partial charge on any atom is -0.300 e. The molecule has 3 heterocycles. The van der Waals surface area contributed by atoms with E-state index < -0.39 is 0 Å². The summed E-state index contributed by atoms with van der Waals surface area (Å²) in [5, 5.41) is 11.4. The summed E-state index contributed by atoms with van der Waals surface area (Å²) in [6.45, 7) is 2.22. The fourth-order valence-corrected chi connectivity index (χ4v) is 4.70. The summed E-state index contributed by atoms with van der Waals surface area (Å²) >= 11 is 5.40. The summed E-state index contributed by atoms with van der Waals surface area (Å²) < 4.78 is 0. The molecule has 0 radical (unpaired) electrons. The van der Waals surface area contributed by atoms with Crippen molar-refractivity contribution in [3.05, 3.63) is 61.4 Å². The van der Waals surface area contributed by atoms with Crippen LogP contribution in [0.25, 0.3) is 0 Å². The molecule has 2 nitrogen and oxygen atoms in total. The lowest BCUT2D eigenvalue weighted by Gasteiger charge is -2.23. The molecule has 0 amide bonds. The largest absolute Gasteiger partial charge is 0.300 e. The van der Waals surface area contributed by atoms with Crippen LogP contribution in [0.2, 0.25) is 0 Å². The van der Waals surface area contributed by atoms with Gasteiger partial charge in [-0.2, -0.15) is 0 Å². The molecular weight excluding hydrogens is 316 g/mol. The molecule has 0 aromatic carbocycles. The van der Waals surface area contributed by atoms with Gasteiger partial charge < -0.3 is 0 Å². The van der Waals surface area contributed by atoms with Gasteiger partial charge in [0.1, 0.15) is 5.01 Å². The van der Waals surface area contributed by atoms with E-state index in [1.807, 2.05) is 28.9 Å². The molecule has 2 unspecified atom stereocenters. The van der Waals surface area contributed by atoms with Crippen molar-refractivity contribution < 1.29 is 0 Å². The quantitative estimate of drug-likeness (QED) is 0.635. The van der Waals surface area contributed by atoms with Gasteiger partial charge in [-0.05, 0) is 29.3 Å². The summed E-state index contributed by atoms with van der Waals surface area (Å²) in [6.07, 6.45) is 3.99. The molecule has 1 N–H and O–H groups in total. The summed E-state index contributed by atoms with van der Waals surface area (Å²) in [7, 11) is 0. The number of thiazole rings is 1. The average molecular weight is 335 g/mol. The topological polar surface area (TPSA) is 24.9 Å². The molecule has 0 saturated heterocycles. The van der Waals surface area contributed by atoms with Crippen molar-refractivity contribution in [3.63, 3.8) is 0 Å². The van der Waals surface area contributed by atoms with Gasteiger partial charge in [0.25, 0.3) is 0 Å². The smallest absolute Gasteiger partial charge is 0.109 e. The molecule has 0 bridgehead atoms. The van der Waals surface area contributed by atoms with E-state index in [1.165, 1.54) is 14.8 Å². The van der Waals surface area contributed by atoms with E-state index in [-0.39, 0.29) is 0 Å². The molecule has 0 saturated carbocycles. The van der Waals surface area contributed by atoms with Crippen molar-refractivity contribution >= 4 is 34.0 Å². The Morgan fingerprint density at radius 1 is 1.05 bits per heavy atom. The first kappa shape index (κ1) is 14.9. The molecule has 3 aromatic heterocycles. The number of nitrogens with zero attached hydrogens (tertiary/aromatic N) is 1. The monoisotopic (exact) mass is 334 g/mol. The van der Waals surface area contributed by atoms with Crippen molar-refractivity contribution in [2.24, 2.45) is 0 Å². The number of hydrogen-bond donors (Lipinski definition) is 1. The van der Waals surface area contributed by atoms with Crippen molar-refractivity contribution in [3.8, 4) is 0 Å². The van der Waals surface area contributed by atoms with E-state index in [4.69, 9.17) is 0 Å². The normalized spacial score (nSPS) is 14.1. The highest BCUT2D eigenvalue weighted by Gasteiger charge is 2.20. The average Bonchev–Trinajstić information content (AvgIpc) is 3.26. The maximum atomic E-state index is 4.48. The molecule has 5 heteroatoms. The van der Waals surface area contributed by atoms with Crippen molar-refractivity contribution in [1.82, 2.24) is 10.3 Å². The van der Waals surface area contributed by atoms with Gasteiger partial charge in [-0.3, -0.25) is 5.32 Å². The van der Waals surface area contributed by atoms with Crippen LogP contribution in [-0.4, -0.2) is 4.98 Å². The lowest BCUT2D eigenvalue weighted by atomic mass is 10.1. The Labute approximate surface area is 137 Å². The molecule has 3 rings (SSSR count). The molecule has 2 atom stereocenters. The first-order valence-electron chi connectivity index (χ1n) is 7.08. The van der Waals surface area contributed by atoms with Gasteiger partial charge in [0.15, 0.2) is 0 Å². The molecule has 0 aliphatic carbocycles. The Balaban J connectivity index is 1.78. The highest BCUT2D eigenvalue weighted by molar-refractivity contribution is 7.10. The second-order valence-electron chi connectivity index (χ2n) is 4.85. The van der Waals surface area contributed by atoms with E-state index in [0.29, 0.717) is 12.1 Å². The SMILES string of the molecule is CCC(NC(Cc1cccs1)c1cccs1)c1nccs1. The molecule has 0 spiro atoms. The minimum atomic E-state index is 0.331. The van der Waals surface area contributed by atoms with Crippen LogP contribution < -0.4 is 5.32 Å². The van der Waals surface area contributed by atoms with Crippen LogP contribution in [0.15, 0.2) is 46.6 Å². The van der Waals surface area contributed by atoms with E-state index in [0.717, 1.165) is 12.8 Å². The zero-order valence-electron chi connectivity index (χ0n) is 11.9. The number of aromatic nitrogens is 1. The van der Waals surface area contributed by atoms with E-state index in [1.54, 1.807) is 11.3 Å². The Kier molecular flexibility index (Phi) is 5.19. The zero-order valence-corrected chi connectivity index (χ0v) is 14.3. The van der Waals surface area contributed by atoms with Crippen LogP contribution in [0, 0.1) is 0 Å². The van der Waals surface area contributed by atoms with Gasteiger partial charge >= 0.3 is 0 Å². The molecule has 3 aromatic rings. The minimum absolute atomic E-state index is 0.331. The third-order valence-corrected chi connectivity index (χ3v) is 6.21. The lowest BCUT2D eigenvalue weighted by molar-refractivity contribution is 0.437. The molecule has 0 fully saturated rings. The van der Waals surface area contributed by atoms with Gasteiger partial charge in [0, 0.05) is 33.8 Å². The first-order chi connectivity index (χ1) is 10.4. The van der Waals surface area contributed by atoms with Gasteiger partial charge in [0.2, 0.25) is 0 Å².